The zero-order valence-corrected chi connectivity index (χ0v) is 7.17. The highest BCUT2D eigenvalue weighted by molar-refractivity contribution is 4.39. The van der Waals surface area contributed by atoms with Gasteiger partial charge in [-0.25, -0.2) is 5.11 Å². The Bertz CT molecular complexity index is 58.4. The molecule has 0 atom stereocenters. The Hall–Kier alpha value is -0.120. The average molecular weight is 161 g/mol. The van der Waals surface area contributed by atoms with Gasteiger partial charge < -0.3 is 9.47 Å². The molecule has 0 aromatic carbocycles. The van der Waals surface area contributed by atoms with Crippen molar-refractivity contribution >= 4 is 0 Å². The summed E-state index contributed by atoms with van der Waals surface area (Å²) < 4.78 is 9.78. The maximum atomic E-state index is 9.82. The van der Waals surface area contributed by atoms with Crippen LogP contribution in [0, 0.1) is 0 Å². The molecule has 0 saturated carbocycles. The maximum Gasteiger partial charge on any atom is 0.180 e. The molecule has 0 unspecified atom stereocenters. The van der Waals surface area contributed by atoms with Crippen molar-refractivity contribution < 1.29 is 14.6 Å². The zero-order chi connectivity index (χ0) is 8.36. The second-order valence-corrected chi connectivity index (χ2v) is 2.28. The Labute approximate surface area is 68.3 Å². The van der Waals surface area contributed by atoms with Crippen LogP contribution in [0.2, 0.25) is 0 Å². The van der Waals surface area contributed by atoms with Crippen molar-refractivity contribution in [1.82, 2.24) is 0 Å². The second-order valence-electron chi connectivity index (χ2n) is 2.28. The van der Waals surface area contributed by atoms with Crippen molar-refractivity contribution in [1.29, 1.82) is 0 Å². The third kappa shape index (κ3) is 9.88. The van der Waals surface area contributed by atoms with Crippen LogP contribution in [0.15, 0.2) is 0 Å². The van der Waals surface area contributed by atoms with Crippen LogP contribution in [-0.2, 0) is 14.6 Å². The van der Waals surface area contributed by atoms with E-state index in [0.29, 0.717) is 6.61 Å². The lowest BCUT2D eigenvalue weighted by molar-refractivity contribution is -0.0448. The van der Waals surface area contributed by atoms with Gasteiger partial charge in [-0.15, -0.1) is 0 Å². The molecule has 0 aromatic heterocycles. The molecule has 0 aliphatic carbocycles. The fourth-order valence-corrected chi connectivity index (χ4v) is 0.788. The van der Waals surface area contributed by atoms with Crippen LogP contribution in [0.3, 0.4) is 0 Å². The summed E-state index contributed by atoms with van der Waals surface area (Å²) in [6.45, 7) is 3.78. The number of hydrogen-bond acceptors (Lipinski definition) is 2. The van der Waals surface area contributed by atoms with Crippen molar-refractivity contribution in [2.24, 2.45) is 0 Å². The van der Waals surface area contributed by atoms with E-state index in [1.165, 1.54) is 0 Å². The highest BCUT2D eigenvalue weighted by atomic mass is 16.6. The fraction of sp³-hybridized carbons (Fsp3) is 1.00. The summed E-state index contributed by atoms with van der Waals surface area (Å²) in [5, 5.41) is 9.82. The molecular formula is C8H17O3. The van der Waals surface area contributed by atoms with E-state index >= 15 is 0 Å². The normalized spacial score (nSPS) is 10.4. The summed E-state index contributed by atoms with van der Waals surface area (Å²) in [7, 11) is 0. The van der Waals surface area contributed by atoms with E-state index in [2.05, 4.69) is 4.74 Å². The summed E-state index contributed by atoms with van der Waals surface area (Å²) in [5.41, 5.74) is 0. The van der Waals surface area contributed by atoms with Gasteiger partial charge in [-0.2, -0.15) is 0 Å². The van der Waals surface area contributed by atoms with E-state index in [4.69, 9.17) is 4.74 Å². The minimum atomic E-state index is -0.411. The Morgan fingerprint density at radius 1 is 1.00 bits per heavy atom. The molecule has 0 saturated heterocycles. The highest BCUT2D eigenvalue weighted by Crippen LogP contribution is 1.95. The third-order valence-corrected chi connectivity index (χ3v) is 1.36. The molecule has 0 bridgehead atoms. The van der Waals surface area contributed by atoms with Gasteiger partial charge in [0.15, 0.2) is 6.79 Å². The topological polar surface area (TPSA) is 38.4 Å². The largest absolute Gasteiger partial charge is 0.382 e. The van der Waals surface area contributed by atoms with Crippen LogP contribution in [0.1, 0.15) is 26.2 Å². The molecule has 0 aliphatic rings. The molecule has 0 rings (SSSR count). The van der Waals surface area contributed by atoms with Gasteiger partial charge in [0, 0.05) is 19.8 Å². The molecule has 0 spiro atoms. The first-order valence-electron chi connectivity index (χ1n) is 4.15. The van der Waals surface area contributed by atoms with Crippen molar-refractivity contribution in [2.75, 3.05) is 26.6 Å². The molecule has 0 heterocycles. The van der Waals surface area contributed by atoms with Crippen LogP contribution in [0.5, 0.6) is 0 Å². The van der Waals surface area contributed by atoms with Crippen molar-refractivity contribution in [3.05, 3.63) is 0 Å². The Kier molecular flexibility index (Phi) is 9.77. The van der Waals surface area contributed by atoms with Gasteiger partial charge in [0.1, 0.15) is 0 Å². The number of unbranched alkanes of at least 4 members (excludes halogenated alkanes) is 2. The standard InChI is InChI=1S/C8H17O3/c1-2-10-6-4-3-5-7-11-8-9/h2-8H2,1H3. The molecule has 0 fully saturated rings. The summed E-state index contributed by atoms with van der Waals surface area (Å²) in [4.78, 5) is 0. The number of rotatable bonds is 8. The van der Waals surface area contributed by atoms with Crippen LogP contribution < -0.4 is 0 Å². The van der Waals surface area contributed by atoms with Crippen molar-refractivity contribution in [3.8, 4) is 0 Å². The molecule has 0 aromatic rings. The molecule has 1 radical (unpaired) electrons. The van der Waals surface area contributed by atoms with Crippen LogP contribution in [-0.4, -0.2) is 26.6 Å². The first-order valence-corrected chi connectivity index (χ1v) is 4.15. The van der Waals surface area contributed by atoms with E-state index in [9.17, 15) is 5.11 Å². The first kappa shape index (κ1) is 10.9. The van der Waals surface area contributed by atoms with Gasteiger partial charge in [-0.1, -0.05) is 0 Å². The Morgan fingerprint density at radius 2 is 1.64 bits per heavy atom. The minimum Gasteiger partial charge on any atom is -0.382 e. The van der Waals surface area contributed by atoms with Gasteiger partial charge in [0.05, 0.1) is 0 Å². The van der Waals surface area contributed by atoms with Crippen molar-refractivity contribution in [2.45, 2.75) is 26.2 Å². The van der Waals surface area contributed by atoms with Gasteiger partial charge in [-0.05, 0) is 26.2 Å². The fourth-order valence-electron chi connectivity index (χ4n) is 0.788. The van der Waals surface area contributed by atoms with Crippen LogP contribution in [0.25, 0.3) is 0 Å². The van der Waals surface area contributed by atoms with Gasteiger partial charge in [-0.3, -0.25) is 0 Å². The summed E-state index contributed by atoms with van der Waals surface area (Å²) >= 11 is 0. The smallest absolute Gasteiger partial charge is 0.180 e. The van der Waals surface area contributed by atoms with E-state index < -0.39 is 6.79 Å². The number of ether oxygens (including phenoxy) is 2. The maximum absolute atomic E-state index is 9.82. The molecule has 0 N–H and O–H groups in total. The van der Waals surface area contributed by atoms with E-state index in [-0.39, 0.29) is 0 Å². The molecule has 0 amide bonds. The zero-order valence-electron chi connectivity index (χ0n) is 7.17. The predicted molar refractivity (Wildman–Crippen MR) is 41.8 cm³/mol. The van der Waals surface area contributed by atoms with Crippen LogP contribution in [0.4, 0.5) is 0 Å². The van der Waals surface area contributed by atoms with E-state index in [0.717, 1.165) is 32.5 Å². The SMILES string of the molecule is CCOCCCCCOC[O]. The molecule has 3 heteroatoms. The van der Waals surface area contributed by atoms with Gasteiger partial charge in [0.2, 0.25) is 0 Å². The third-order valence-electron chi connectivity index (χ3n) is 1.36. The lowest BCUT2D eigenvalue weighted by Crippen LogP contribution is -1.97. The van der Waals surface area contributed by atoms with Crippen LogP contribution >= 0.6 is 0 Å². The molecule has 0 aliphatic heterocycles. The highest BCUT2D eigenvalue weighted by Gasteiger charge is 1.89. The molecule has 11 heavy (non-hydrogen) atoms. The van der Waals surface area contributed by atoms with E-state index in [1.54, 1.807) is 0 Å². The molecule has 67 valence electrons. The lowest BCUT2D eigenvalue weighted by Gasteiger charge is -2.00. The summed E-state index contributed by atoms with van der Waals surface area (Å²) in [6, 6.07) is 0. The summed E-state index contributed by atoms with van der Waals surface area (Å²) in [5.74, 6) is 0. The van der Waals surface area contributed by atoms with E-state index in [1.807, 2.05) is 6.92 Å². The summed E-state index contributed by atoms with van der Waals surface area (Å²) in [6.07, 6.45) is 3.12. The molecular weight excluding hydrogens is 144 g/mol. The van der Waals surface area contributed by atoms with Gasteiger partial charge in [0.25, 0.3) is 0 Å². The van der Waals surface area contributed by atoms with Gasteiger partial charge >= 0.3 is 0 Å². The van der Waals surface area contributed by atoms with Crippen molar-refractivity contribution in [3.63, 3.8) is 0 Å². The second kappa shape index (κ2) is 9.88. The monoisotopic (exact) mass is 161 g/mol. The number of hydrogen-bond donors (Lipinski definition) is 0. The quantitative estimate of drug-likeness (QED) is 0.400. The molecule has 3 nitrogen and oxygen atoms in total. The lowest BCUT2D eigenvalue weighted by atomic mass is 10.2. The Balaban J connectivity index is 2.69. The average Bonchev–Trinajstić information content (AvgIpc) is 2.03. The first-order chi connectivity index (χ1) is 5.41. The predicted octanol–water partition coefficient (Wildman–Crippen LogP) is 1.60. The Morgan fingerprint density at radius 3 is 2.18 bits per heavy atom. The minimum absolute atomic E-state index is 0.411.